The maximum Gasteiger partial charge on any atom is 0.418 e. The molecule has 0 atom stereocenters. The molecule has 1 rings (SSSR count). The van der Waals surface area contributed by atoms with E-state index in [2.05, 4.69) is 17.9 Å². The van der Waals surface area contributed by atoms with Gasteiger partial charge in [-0.25, -0.2) is 14.5 Å². The lowest BCUT2D eigenvalue weighted by atomic mass is 10.2. The molecule has 0 unspecified atom stereocenters. The van der Waals surface area contributed by atoms with Gasteiger partial charge in [0, 0.05) is 18.0 Å². The average Bonchev–Trinajstić information content (AvgIpc) is 2.36. The van der Waals surface area contributed by atoms with Crippen LogP contribution in [0.3, 0.4) is 0 Å². The van der Waals surface area contributed by atoms with Gasteiger partial charge >= 0.3 is 12.1 Å². The normalized spacial score (nSPS) is 10.9. The van der Waals surface area contributed by atoms with Crippen LogP contribution in [0.15, 0.2) is 29.2 Å². The van der Waals surface area contributed by atoms with Gasteiger partial charge < -0.3 is 15.8 Å². The molecule has 1 aromatic carbocycles. The van der Waals surface area contributed by atoms with E-state index in [0.717, 1.165) is 4.90 Å². The van der Waals surface area contributed by atoms with E-state index in [-0.39, 0.29) is 13.1 Å². The molecule has 0 saturated heterocycles. The first-order valence-electron chi connectivity index (χ1n) is 6.54. The van der Waals surface area contributed by atoms with Gasteiger partial charge in [-0.15, -0.1) is 12.6 Å². The number of nitrogens with zero attached hydrogens (tertiary/aromatic N) is 1. The number of benzene rings is 1. The van der Waals surface area contributed by atoms with E-state index in [1.165, 1.54) is 0 Å². The number of carbonyl (C=O) groups excluding carboxylic acids is 2. The summed E-state index contributed by atoms with van der Waals surface area (Å²) >= 11 is 4.24. The molecule has 3 N–H and O–H groups in total. The third kappa shape index (κ3) is 5.65. The van der Waals surface area contributed by atoms with Crippen molar-refractivity contribution in [2.24, 2.45) is 5.73 Å². The maximum atomic E-state index is 12.2. The Hall–Kier alpha value is -1.73. The number of ether oxygens (including phenoxy) is 1. The summed E-state index contributed by atoms with van der Waals surface area (Å²) in [5, 5.41) is 2.62. The molecule has 7 heteroatoms. The molecular weight excluding hydrogens is 290 g/mol. The Morgan fingerprint density at radius 1 is 1.33 bits per heavy atom. The molecule has 0 heterocycles. The largest absolute Gasteiger partial charge is 0.443 e. The number of imide groups is 1. The summed E-state index contributed by atoms with van der Waals surface area (Å²) < 4.78 is 5.19. The highest BCUT2D eigenvalue weighted by atomic mass is 32.1. The number of hydrogen-bond donors (Lipinski definition) is 3. The van der Waals surface area contributed by atoms with Crippen LogP contribution >= 0.6 is 12.6 Å². The molecule has 0 fully saturated rings. The summed E-state index contributed by atoms with van der Waals surface area (Å²) in [5.41, 5.74) is 5.27. The van der Waals surface area contributed by atoms with Crippen molar-refractivity contribution in [2.45, 2.75) is 31.3 Å². The van der Waals surface area contributed by atoms with Crippen molar-refractivity contribution in [1.29, 1.82) is 0 Å². The molecule has 0 aliphatic rings. The molecule has 116 valence electrons. The van der Waals surface area contributed by atoms with E-state index >= 15 is 0 Å². The quantitative estimate of drug-likeness (QED) is 0.749. The summed E-state index contributed by atoms with van der Waals surface area (Å²) in [6.45, 7) is 5.40. The number of para-hydroxylation sites is 1. The van der Waals surface area contributed by atoms with E-state index in [1.807, 2.05) is 0 Å². The van der Waals surface area contributed by atoms with Crippen molar-refractivity contribution < 1.29 is 14.3 Å². The van der Waals surface area contributed by atoms with Crippen LogP contribution in [0.2, 0.25) is 0 Å². The van der Waals surface area contributed by atoms with Gasteiger partial charge in [-0.1, -0.05) is 12.1 Å². The molecule has 0 aliphatic carbocycles. The zero-order chi connectivity index (χ0) is 16.0. The van der Waals surface area contributed by atoms with Crippen LogP contribution in [0, 0.1) is 0 Å². The van der Waals surface area contributed by atoms with E-state index < -0.39 is 17.7 Å². The third-order valence-electron chi connectivity index (χ3n) is 2.36. The summed E-state index contributed by atoms with van der Waals surface area (Å²) in [7, 11) is 0. The van der Waals surface area contributed by atoms with Crippen LogP contribution in [0.1, 0.15) is 20.8 Å². The van der Waals surface area contributed by atoms with Crippen LogP contribution in [0.4, 0.5) is 15.3 Å². The first-order valence-corrected chi connectivity index (χ1v) is 6.99. The molecule has 0 aliphatic heterocycles. The van der Waals surface area contributed by atoms with Gasteiger partial charge in [0.15, 0.2) is 0 Å². The van der Waals surface area contributed by atoms with Crippen molar-refractivity contribution in [2.75, 3.05) is 18.4 Å². The van der Waals surface area contributed by atoms with E-state index in [9.17, 15) is 9.59 Å². The molecule has 0 spiro atoms. The first kappa shape index (κ1) is 17.3. The number of amides is 3. The summed E-state index contributed by atoms with van der Waals surface area (Å²) in [4.78, 5) is 25.8. The Labute approximate surface area is 130 Å². The minimum Gasteiger partial charge on any atom is -0.443 e. The summed E-state index contributed by atoms with van der Waals surface area (Å²) in [6, 6.07) is 6.38. The standard InChI is InChI=1S/C14H21N3O3S/c1-14(2,3)20-13(19)17(9-8-15)12(18)16-10-6-4-5-7-11(10)21/h4-7,21H,8-9,15H2,1-3H3,(H,16,18). The van der Waals surface area contributed by atoms with E-state index in [1.54, 1.807) is 45.0 Å². The highest BCUT2D eigenvalue weighted by Gasteiger charge is 2.26. The lowest BCUT2D eigenvalue weighted by Crippen LogP contribution is -2.45. The smallest absolute Gasteiger partial charge is 0.418 e. The third-order valence-corrected chi connectivity index (χ3v) is 2.75. The van der Waals surface area contributed by atoms with Gasteiger partial charge in [0.05, 0.1) is 5.69 Å². The molecule has 0 radical (unpaired) electrons. The second-order valence-corrected chi connectivity index (χ2v) is 5.85. The summed E-state index contributed by atoms with van der Waals surface area (Å²) in [5.74, 6) is 0. The van der Waals surface area contributed by atoms with Gasteiger partial charge in [-0.05, 0) is 32.9 Å². The van der Waals surface area contributed by atoms with Crippen molar-refractivity contribution in [3.05, 3.63) is 24.3 Å². The van der Waals surface area contributed by atoms with Gasteiger partial charge in [-0.2, -0.15) is 0 Å². The molecule has 1 aromatic rings. The number of carbonyl (C=O) groups is 2. The number of thiol groups is 1. The van der Waals surface area contributed by atoms with Gasteiger partial charge in [-0.3, -0.25) is 0 Å². The number of anilines is 1. The Kier molecular flexibility index (Phi) is 6.04. The average molecular weight is 311 g/mol. The highest BCUT2D eigenvalue weighted by molar-refractivity contribution is 7.80. The van der Waals surface area contributed by atoms with Crippen molar-refractivity contribution in [1.82, 2.24) is 4.90 Å². The summed E-state index contributed by atoms with van der Waals surface area (Å²) in [6.07, 6.45) is -0.734. The fraction of sp³-hybridized carbons (Fsp3) is 0.429. The first-order chi connectivity index (χ1) is 9.74. The molecule has 6 nitrogen and oxygen atoms in total. The number of nitrogens with one attached hydrogen (secondary N) is 1. The second-order valence-electron chi connectivity index (χ2n) is 5.37. The van der Waals surface area contributed by atoms with Crippen LogP contribution in [0.25, 0.3) is 0 Å². The van der Waals surface area contributed by atoms with Crippen LogP contribution < -0.4 is 11.1 Å². The molecular formula is C14H21N3O3S. The molecule has 0 aromatic heterocycles. The Bertz CT molecular complexity index is 514. The SMILES string of the molecule is CC(C)(C)OC(=O)N(CCN)C(=O)Nc1ccccc1S. The van der Waals surface area contributed by atoms with Gasteiger partial charge in [0.25, 0.3) is 0 Å². The highest BCUT2D eigenvalue weighted by Crippen LogP contribution is 2.19. The minimum absolute atomic E-state index is 0.0650. The fourth-order valence-corrected chi connectivity index (χ4v) is 1.70. The van der Waals surface area contributed by atoms with Crippen molar-refractivity contribution in [3.8, 4) is 0 Å². The predicted octanol–water partition coefficient (Wildman–Crippen LogP) is 2.70. The van der Waals surface area contributed by atoms with Crippen LogP contribution in [-0.2, 0) is 4.74 Å². The Balaban J connectivity index is 2.83. The Morgan fingerprint density at radius 2 is 1.95 bits per heavy atom. The van der Waals surface area contributed by atoms with E-state index in [4.69, 9.17) is 10.5 Å². The van der Waals surface area contributed by atoms with Crippen LogP contribution in [0.5, 0.6) is 0 Å². The number of nitrogens with two attached hydrogens (primary N) is 1. The van der Waals surface area contributed by atoms with Crippen molar-refractivity contribution >= 4 is 30.4 Å². The zero-order valence-electron chi connectivity index (χ0n) is 12.4. The monoisotopic (exact) mass is 311 g/mol. The number of hydrogen-bond acceptors (Lipinski definition) is 5. The number of rotatable bonds is 3. The lowest BCUT2D eigenvalue weighted by Gasteiger charge is -2.26. The minimum atomic E-state index is -0.734. The number of urea groups is 1. The molecule has 21 heavy (non-hydrogen) atoms. The fourth-order valence-electron chi connectivity index (χ4n) is 1.48. The molecule has 0 saturated carbocycles. The molecule has 0 bridgehead atoms. The topological polar surface area (TPSA) is 84.7 Å². The zero-order valence-corrected chi connectivity index (χ0v) is 13.3. The predicted molar refractivity (Wildman–Crippen MR) is 84.7 cm³/mol. The van der Waals surface area contributed by atoms with Crippen molar-refractivity contribution in [3.63, 3.8) is 0 Å². The second kappa shape index (κ2) is 7.33. The van der Waals surface area contributed by atoms with Crippen LogP contribution in [-0.4, -0.2) is 35.7 Å². The van der Waals surface area contributed by atoms with Gasteiger partial charge in [0.1, 0.15) is 5.60 Å². The van der Waals surface area contributed by atoms with Gasteiger partial charge in [0.2, 0.25) is 0 Å². The lowest BCUT2D eigenvalue weighted by molar-refractivity contribution is 0.0337. The van der Waals surface area contributed by atoms with E-state index in [0.29, 0.717) is 10.6 Å². The molecule has 3 amide bonds. The maximum absolute atomic E-state index is 12.2. The Morgan fingerprint density at radius 3 is 2.48 bits per heavy atom.